The van der Waals surface area contributed by atoms with Crippen molar-refractivity contribution in [3.05, 3.63) is 65.7 Å². The second-order valence-electron chi connectivity index (χ2n) is 17.9. The summed E-state index contributed by atoms with van der Waals surface area (Å²) in [5.41, 5.74) is 14.9. The maximum Gasteiger partial charge on any atom is 0.252 e. The summed E-state index contributed by atoms with van der Waals surface area (Å²) in [7, 11) is 0. The number of benzene rings is 3. The van der Waals surface area contributed by atoms with Crippen molar-refractivity contribution in [2.24, 2.45) is 23.7 Å². The van der Waals surface area contributed by atoms with Crippen LogP contribution in [0.3, 0.4) is 0 Å². The predicted octanol–water partition coefficient (Wildman–Crippen LogP) is 8.37. The van der Waals surface area contributed by atoms with E-state index in [0.717, 1.165) is 23.7 Å². The van der Waals surface area contributed by atoms with E-state index in [2.05, 4.69) is 92.1 Å². The molecule has 4 fully saturated rings. The van der Waals surface area contributed by atoms with Gasteiger partial charge in [0, 0.05) is 33.6 Å². The second-order valence-corrected chi connectivity index (χ2v) is 17.9. The summed E-state index contributed by atoms with van der Waals surface area (Å²) in [5, 5.41) is 0. The molecule has 8 unspecified atom stereocenters. The average molecular weight is 593 g/mol. The van der Waals surface area contributed by atoms with Crippen LogP contribution in [0.15, 0.2) is 54.6 Å². The molecule has 45 heavy (non-hydrogen) atoms. The van der Waals surface area contributed by atoms with Crippen LogP contribution in [-0.2, 0) is 10.8 Å². The van der Waals surface area contributed by atoms with Gasteiger partial charge in [-0.25, -0.2) is 0 Å². The van der Waals surface area contributed by atoms with Gasteiger partial charge in [0.2, 0.25) is 0 Å². The molecule has 3 aromatic carbocycles. The molecule has 8 atom stereocenters. The highest BCUT2D eigenvalue weighted by molar-refractivity contribution is 7.00. The first-order valence-corrected chi connectivity index (χ1v) is 18.8. The normalized spacial score (nSPS) is 40.9. The number of rotatable bonds is 0. The van der Waals surface area contributed by atoms with E-state index in [4.69, 9.17) is 0 Å². The van der Waals surface area contributed by atoms with Crippen molar-refractivity contribution in [3.8, 4) is 0 Å². The Labute approximate surface area is 271 Å². The number of hydrogen-bond acceptors (Lipinski definition) is 2. The molecule has 0 N–H and O–H groups in total. The molecule has 3 aromatic rings. The highest BCUT2D eigenvalue weighted by Gasteiger charge is 2.67. The molecular weight excluding hydrogens is 543 g/mol. The van der Waals surface area contributed by atoms with Crippen molar-refractivity contribution >= 4 is 45.9 Å². The zero-order valence-corrected chi connectivity index (χ0v) is 28.0. The van der Waals surface area contributed by atoms with Gasteiger partial charge in [-0.1, -0.05) is 108 Å². The number of nitrogens with zero attached hydrogens (tertiary/aromatic N) is 2. The van der Waals surface area contributed by atoms with E-state index in [1.54, 1.807) is 38.9 Å². The molecule has 0 bridgehead atoms. The fourth-order valence-electron chi connectivity index (χ4n) is 14.0. The van der Waals surface area contributed by atoms with E-state index in [1.165, 1.54) is 88.4 Å². The molecule has 8 aliphatic rings. The number of anilines is 4. The quantitative estimate of drug-likeness (QED) is 0.242. The van der Waals surface area contributed by atoms with Crippen molar-refractivity contribution in [2.75, 3.05) is 9.80 Å². The molecule has 4 saturated carbocycles. The molecule has 0 spiro atoms. The summed E-state index contributed by atoms with van der Waals surface area (Å²) in [5.74, 6) is 3.53. The van der Waals surface area contributed by atoms with Crippen LogP contribution in [0.2, 0.25) is 0 Å². The largest absolute Gasteiger partial charge is 0.335 e. The van der Waals surface area contributed by atoms with Crippen LogP contribution in [0.4, 0.5) is 22.7 Å². The average Bonchev–Trinajstić information content (AvgIpc) is 3.37. The standard InChI is InChI=1S/C42H49BN2/c1-39-22-26-12-5-7-14-28(26)24-41(39,3)44-34-20-11-21-35-36(34)43(32-18-9-16-30(39)37(32)44)33-19-10-17-31-38(33)45(35)42(4)25-29-15-8-6-13-27(29)23-40(31,42)2/h9-11,16-21,26-29H,5-8,12-15,22-25H2,1-4H3. The number of para-hydroxylation sites is 2. The van der Waals surface area contributed by atoms with Crippen LogP contribution in [0, 0.1) is 23.7 Å². The van der Waals surface area contributed by atoms with Crippen LogP contribution in [-0.4, -0.2) is 17.8 Å². The first-order chi connectivity index (χ1) is 21.8. The van der Waals surface area contributed by atoms with Crippen molar-refractivity contribution < 1.29 is 0 Å². The smallest absolute Gasteiger partial charge is 0.252 e. The van der Waals surface area contributed by atoms with Gasteiger partial charge in [-0.3, -0.25) is 0 Å². The van der Waals surface area contributed by atoms with E-state index < -0.39 is 0 Å². The Hall–Kier alpha value is -2.68. The van der Waals surface area contributed by atoms with Crippen LogP contribution < -0.4 is 26.2 Å². The summed E-state index contributed by atoms with van der Waals surface area (Å²) < 4.78 is 0. The van der Waals surface area contributed by atoms with E-state index >= 15 is 0 Å². The molecule has 4 aliphatic heterocycles. The fourth-order valence-corrected chi connectivity index (χ4v) is 14.0. The zero-order chi connectivity index (χ0) is 30.1. The minimum Gasteiger partial charge on any atom is -0.335 e. The highest BCUT2D eigenvalue weighted by Crippen LogP contribution is 2.67. The molecule has 230 valence electrons. The molecule has 3 heteroatoms. The van der Waals surface area contributed by atoms with Gasteiger partial charge >= 0.3 is 0 Å². The molecule has 0 amide bonds. The number of fused-ring (bicyclic) bond motifs is 12. The SMILES string of the molecule is CC12CC3CCCCC3CC1(C)N1c3cccc4c3B(c3cccc2c31)c1cccc2c1N4C1(C)CC3CCCCC3CC21C. The summed E-state index contributed by atoms with van der Waals surface area (Å²) in [4.78, 5) is 5.89. The molecule has 11 rings (SSSR count). The third-order valence-electron chi connectivity index (χ3n) is 16.4. The second kappa shape index (κ2) is 8.24. The Morgan fingerprint density at radius 2 is 0.933 bits per heavy atom. The third-order valence-corrected chi connectivity index (χ3v) is 16.4. The summed E-state index contributed by atoms with van der Waals surface area (Å²) in [6.45, 7) is 11.0. The lowest BCUT2D eigenvalue weighted by Gasteiger charge is -2.58. The lowest BCUT2D eigenvalue weighted by molar-refractivity contribution is 0.0577. The van der Waals surface area contributed by atoms with Crippen LogP contribution >= 0.6 is 0 Å². The van der Waals surface area contributed by atoms with Crippen molar-refractivity contribution in [1.29, 1.82) is 0 Å². The first kappa shape index (κ1) is 26.4. The fraction of sp³-hybridized carbons (Fsp3) is 0.571. The summed E-state index contributed by atoms with van der Waals surface area (Å²) in [6.07, 6.45) is 16.9. The van der Waals surface area contributed by atoms with Gasteiger partial charge in [0.1, 0.15) is 0 Å². The monoisotopic (exact) mass is 592 g/mol. The Bertz CT molecular complexity index is 1690. The first-order valence-electron chi connectivity index (χ1n) is 18.8. The Morgan fingerprint density at radius 1 is 0.533 bits per heavy atom. The minimum atomic E-state index is 0.107. The lowest BCUT2D eigenvalue weighted by Crippen LogP contribution is -2.67. The van der Waals surface area contributed by atoms with Gasteiger partial charge in [0.05, 0.1) is 11.1 Å². The predicted molar refractivity (Wildman–Crippen MR) is 189 cm³/mol. The van der Waals surface area contributed by atoms with E-state index in [-0.39, 0.29) is 21.9 Å². The summed E-state index contributed by atoms with van der Waals surface area (Å²) in [6, 6.07) is 22.5. The maximum absolute atomic E-state index is 2.95. The lowest BCUT2D eigenvalue weighted by atomic mass is 9.33. The molecule has 0 saturated heterocycles. The van der Waals surface area contributed by atoms with Gasteiger partial charge in [-0.05, 0) is 103 Å². The van der Waals surface area contributed by atoms with Gasteiger partial charge in [-0.15, -0.1) is 0 Å². The summed E-state index contributed by atoms with van der Waals surface area (Å²) >= 11 is 0. The van der Waals surface area contributed by atoms with Crippen molar-refractivity contribution in [1.82, 2.24) is 0 Å². The molecule has 2 nitrogen and oxygen atoms in total. The molecular formula is C42H49BN2. The molecule has 4 heterocycles. The van der Waals surface area contributed by atoms with E-state index in [9.17, 15) is 0 Å². The van der Waals surface area contributed by atoms with Crippen LogP contribution in [0.5, 0.6) is 0 Å². The van der Waals surface area contributed by atoms with Crippen molar-refractivity contribution in [2.45, 2.75) is 127 Å². The van der Waals surface area contributed by atoms with Crippen molar-refractivity contribution in [3.63, 3.8) is 0 Å². The van der Waals surface area contributed by atoms with Gasteiger partial charge < -0.3 is 9.80 Å². The molecule has 0 radical (unpaired) electrons. The molecule has 4 aliphatic carbocycles. The zero-order valence-electron chi connectivity index (χ0n) is 28.0. The van der Waals surface area contributed by atoms with Gasteiger partial charge in [0.25, 0.3) is 6.71 Å². The highest BCUT2D eigenvalue weighted by atomic mass is 15.3. The van der Waals surface area contributed by atoms with Crippen LogP contribution in [0.1, 0.15) is 116 Å². The minimum absolute atomic E-state index is 0.107. The van der Waals surface area contributed by atoms with Gasteiger partial charge in [0.15, 0.2) is 0 Å². The Morgan fingerprint density at radius 3 is 1.38 bits per heavy atom. The Kier molecular flexibility index (Phi) is 4.83. The maximum atomic E-state index is 2.95. The third kappa shape index (κ3) is 2.79. The topological polar surface area (TPSA) is 6.48 Å². The molecule has 0 aromatic heterocycles. The Balaban J connectivity index is 1.18. The van der Waals surface area contributed by atoms with E-state index in [1.807, 2.05) is 0 Å². The van der Waals surface area contributed by atoms with E-state index in [0.29, 0.717) is 6.71 Å². The van der Waals surface area contributed by atoms with Crippen LogP contribution in [0.25, 0.3) is 0 Å². The van der Waals surface area contributed by atoms with Gasteiger partial charge in [-0.2, -0.15) is 0 Å². The number of hydrogen-bond donors (Lipinski definition) is 0.